The minimum Gasteiger partial charge on any atom is -0.330 e. The summed E-state index contributed by atoms with van der Waals surface area (Å²) in [6, 6.07) is 8.07. The van der Waals surface area contributed by atoms with Crippen LogP contribution in [0.2, 0.25) is 0 Å². The molecule has 0 bridgehead atoms. The Kier molecular flexibility index (Phi) is 1.81. The predicted molar refractivity (Wildman–Crippen MR) is 56.4 cm³/mol. The van der Waals surface area contributed by atoms with E-state index in [0.29, 0.717) is 5.29 Å². The van der Waals surface area contributed by atoms with Crippen LogP contribution >= 0.6 is 11.6 Å². The molecule has 0 aliphatic carbocycles. The first-order chi connectivity index (χ1) is 6.09. The van der Waals surface area contributed by atoms with E-state index in [9.17, 15) is 0 Å². The topological polar surface area (TPSA) is 24.4 Å². The number of aliphatic imine (C=N–C) groups is 1. The lowest BCUT2D eigenvalue weighted by molar-refractivity contribution is 0.557. The molecule has 0 amide bonds. The normalized spacial score (nSPS) is 18.5. The molecule has 1 aromatic carbocycles. The highest BCUT2D eigenvalue weighted by Gasteiger charge is 2.26. The van der Waals surface area contributed by atoms with E-state index in [1.165, 1.54) is 5.56 Å². The summed E-state index contributed by atoms with van der Waals surface area (Å²) in [6.45, 7) is 4.10. The van der Waals surface area contributed by atoms with Gasteiger partial charge < -0.3 is 5.32 Å². The summed E-state index contributed by atoms with van der Waals surface area (Å²) in [4.78, 5) is 4.33. The third-order valence-electron chi connectivity index (χ3n) is 2.20. The van der Waals surface area contributed by atoms with Gasteiger partial charge in [0.05, 0.1) is 5.54 Å². The molecule has 2 rings (SSSR count). The fraction of sp³-hybridized carbons (Fsp3) is 0.300. The fourth-order valence-corrected chi connectivity index (χ4v) is 1.88. The van der Waals surface area contributed by atoms with Crippen molar-refractivity contribution >= 4 is 22.6 Å². The number of nitrogens with zero attached hydrogens (tertiary/aromatic N) is 1. The average molecular weight is 195 g/mol. The van der Waals surface area contributed by atoms with Gasteiger partial charge in [0.15, 0.2) is 5.29 Å². The van der Waals surface area contributed by atoms with Crippen molar-refractivity contribution in [1.82, 2.24) is 0 Å². The van der Waals surface area contributed by atoms with Gasteiger partial charge in [-0.25, -0.2) is 4.99 Å². The summed E-state index contributed by atoms with van der Waals surface area (Å²) >= 11 is 5.87. The highest BCUT2D eigenvalue weighted by Crippen LogP contribution is 2.34. The number of benzene rings is 1. The minimum absolute atomic E-state index is 0.223. The number of fused-ring (bicyclic) bond motifs is 1. The van der Waals surface area contributed by atoms with Gasteiger partial charge in [-0.15, -0.1) is 0 Å². The zero-order chi connectivity index (χ0) is 9.47. The zero-order valence-electron chi connectivity index (χ0n) is 7.63. The Morgan fingerprint density at radius 3 is 2.77 bits per heavy atom. The number of para-hydroxylation sites is 1. The van der Waals surface area contributed by atoms with Crippen LogP contribution in [0.4, 0.5) is 5.69 Å². The maximum Gasteiger partial charge on any atom is 0.196 e. The Morgan fingerprint density at radius 2 is 2.00 bits per heavy atom. The molecule has 0 unspecified atom stereocenters. The van der Waals surface area contributed by atoms with Crippen LogP contribution in [0.25, 0.3) is 0 Å². The quantitative estimate of drug-likeness (QED) is 0.631. The first-order valence-corrected chi connectivity index (χ1v) is 4.59. The number of nitrogens with one attached hydrogen (secondary N) is 1. The van der Waals surface area contributed by atoms with E-state index in [1.807, 2.05) is 18.2 Å². The molecule has 0 spiro atoms. The SMILES string of the molecule is CC1(C)N=C(Cl)Nc2ccccc21. The predicted octanol–water partition coefficient (Wildman–Crippen LogP) is 2.94. The third kappa shape index (κ3) is 1.42. The molecule has 1 heterocycles. The van der Waals surface area contributed by atoms with E-state index in [-0.39, 0.29) is 5.54 Å². The van der Waals surface area contributed by atoms with Gasteiger partial charge in [0, 0.05) is 11.3 Å². The van der Waals surface area contributed by atoms with Crippen molar-refractivity contribution in [3.05, 3.63) is 29.8 Å². The second-order valence-corrected chi connectivity index (χ2v) is 3.99. The van der Waals surface area contributed by atoms with Gasteiger partial charge in [-0.1, -0.05) is 18.2 Å². The van der Waals surface area contributed by atoms with Crippen LogP contribution in [0.5, 0.6) is 0 Å². The van der Waals surface area contributed by atoms with E-state index >= 15 is 0 Å². The molecule has 0 atom stereocenters. The second kappa shape index (κ2) is 2.74. The van der Waals surface area contributed by atoms with Crippen LogP contribution in [-0.2, 0) is 5.54 Å². The van der Waals surface area contributed by atoms with Crippen molar-refractivity contribution in [2.45, 2.75) is 19.4 Å². The van der Waals surface area contributed by atoms with Crippen molar-refractivity contribution in [2.24, 2.45) is 4.99 Å². The molecule has 1 aliphatic heterocycles. The van der Waals surface area contributed by atoms with Crippen molar-refractivity contribution in [2.75, 3.05) is 5.32 Å². The van der Waals surface area contributed by atoms with E-state index in [1.54, 1.807) is 0 Å². The maximum absolute atomic E-state index is 5.87. The standard InChI is InChI=1S/C10H11ClN2/c1-10(2)7-5-3-4-6-8(7)12-9(11)13-10/h3-6H,1-2H3,(H,12,13). The van der Waals surface area contributed by atoms with Gasteiger partial charge in [-0.3, -0.25) is 0 Å². The molecule has 0 saturated heterocycles. The Hall–Kier alpha value is -1.02. The van der Waals surface area contributed by atoms with Crippen molar-refractivity contribution in [3.8, 4) is 0 Å². The second-order valence-electron chi connectivity index (χ2n) is 3.63. The van der Waals surface area contributed by atoms with E-state index in [0.717, 1.165) is 5.69 Å². The molecule has 2 nitrogen and oxygen atoms in total. The largest absolute Gasteiger partial charge is 0.330 e. The summed E-state index contributed by atoms with van der Waals surface area (Å²) in [7, 11) is 0. The van der Waals surface area contributed by atoms with Crippen LogP contribution in [0.15, 0.2) is 29.3 Å². The number of amidine groups is 1. The Morgan fingerprint density at radius 1 is 1.31 bits per heavy atom. The van der Waals surface area contributed by atoms with Gasteiger partial charge in [0.2, 0.25) is 0 Å². The van der Waals surface area contributed by atoms with E-state index in [4.69, 9.17) is 11.6 Å². The molecular formula is C10H11ClN2. The molecule has 0 saturated carbocycles. The number of halogens is 1. The van der Waals surface area contributed by atoms with Gasteiger partial charge in [-0.05, 0) is 31.5 Å². The highest BCUT2D eigenvalue weighted by atomic mass is 35.5. The maximum atomic E-state index is 5.87. The lowest BCUT2D eigenvalue weighted by atomic mass is 9.92. The number of anilines is 1. The first-order valence-electron chi connectivity index (χ1n) is 4.21. The van der Waals surface area contributed by atoms with Crippen molar-refractivity contribution < 1.29 is 0 Å². The minimum atomic E-state index is -0.223. The van der Waals surface area contributed by atoms with Crippen LogP contribution in [0.1, 0.15) is 19.4 Å². The molecule has 3 heteroatoms. The molecular weight excluding hydrogens is 184 g/mol. The van der Waals surface area contributed by atoms with Crippen LogP contribution in [0, 0.1) is 0 Å². The molecule has 13 heavy (non-hydrogen) atoms. The summed E-state index contributed by atoms with van der Waals surface area (Å²) in [5.41, 5.74) is 2.01. The average Bonchev–Trinajstić information content (AvgIpc) is 2.02. The molecule has 0 fully saturated rings. The molecule has 0 aromatic heterocycles. The Bertz CT molecular complexity index is 369. The van der Waals surface area contributed by atoms with E-state index < -0.39 is 0 Å². The number of hydrogen-bond acceptors (Lipinski definition) is 2. The highest BCUT2D eigenvalue weighted by molar-refractivity contribution is 6.67. The Labute approximate surface area is 82.6 Å². The Balaban J connectivity index is 2.58. The smallest absolute Gasteiger partial charge is 0.196 e. The van der Waals surface area contributed by atoms with Crippen LogP contribution in [0.3, 0.4) is 0 Å². The molecule has 0 radical (unpaired) electrons. The molecule has 68 valence electrons. The van der Waals surface area contributed by atoms with Gasteiger partial charge >= 0.3 is 0 Å². The molecule has 1 aromatic rings. The van der Waals surface area contributed by atoms with Crippen LogP contribution in [-0.4, -0.2) is 5.29 Å². The lowest BCUT2D eigenvalue weighted by Crippen LogP contribution is -2.25. The van der Waals surface area contributed by atoms with E-state index in [2.05, 4.69) is 30.2 Å². The fourth-order valence-electron chi connectivity index (χ4n) is 1.57. The summed E-state index contributed by atoms with van der Waals surface area (Å²) < 4.78 is 0. The summed E-state index contributed by atoms with van der Waals surface area (Å²) in [5, 5.41) is 3.49. The number of rotatable bonds is 0. The first kappa shape index (κ1) is 8.57. The molecule has 1 N–H and O–H groups in total. The lowest BCUT2D eigenvalue weighted by Gasteiger charge is -2.28. The zero-order valence-corrected chi connectivity index (χ0v) is 8.39. The van der Waals surface area contributed by atoms with Crippen molar-refractivity contribution in [3.63, 3.8) is 0 Å². The van der Waals surface area contributed by atoms with Gasteiger partial charge in [-0.2, -0.15) is 0 Å². The molecule has 1 aliphatic rings. The summed E-state index contributed by atoms with van der Waals surface area (Å²) in [5.74, 6) is 0. The van der Waals surface area contributed by atoms with Gasteiger partial charge in [0.1, 0.15) is 0 Å². The van der Waals surface area contributed by atoms with Crippen LogP contribution < -0.4 is 5.32 Å². The van der Waals surface area contributed by atoms with Crippen molar-refractivity contribution in [1.29, 1.82) is 0 Å². The monoisotopic (exact) mass is 194 g/mol. The number of hydrogen-bond donors (Lipinski definition) is 1. The third-order valence-corrected chi connectivity index (χ3v) is 2.38. The van der Waals surface area contributed by atoms with Gasteiger partial charge in [0.25, 0.3) is 0 Å². The summed E-state index contributed by atoms with van der Waals surface area (Å²) in [6.07, 6.45) is 0.